The lowest BCUT2D eigenvalue weighted by Gasteiger charge is -2.18. The van der Waals surface area contributed by atoms with Gasteiger partial charge >= 0.3 is 5.97 Å². The Kier molecular flexibility index (Phi) is 3.49. The number of esters is 1. The summed E-state index contributed by atoms with van der Waals surface area (Å²) in [6, 6.07) is 0. The van der Waals surface area contributed by atoms with Gasteiger partial charge in [0.15, 0.2) is 0 Å². The van der Waals surface area contributed by atoms with Crippen molar-refractivity contribution in [2.75, 3.05) is 7.11 Å². The molecule has 2 aliphatic carbocycles. The quantitative estimate of drug-likeness (QED) is 0.575. The van der Waals surface area contributed by atoms with Crippen LogP contribution in [0.3, 0.4) is 0 Å². The fraction of sp³-hybridized carbons (Fsp3) is 0.571. The summed E-state index contributed by atoms with van der Waals surface area (Å²) in [6.45, 7) is 5.66. The highest BCUT2D eigenvalue weighted by Crippen LogP contribution is 2.44. The van der Waals surface area contributed by atoms with Crippen molar-refractivity contribution in [1.29, 1.82) is 0 Å². The van der Waals surface area contributed by atoms with Crippen molar-refractivity contribution in [3.8, 4) is 0 Å². The van der Waals surface area contributed by atoms with E-state index in [-0.39, 0.29) is 29.4 Å². The van der Waals surface area contributed by atoms with Gasteiger partial charge in [0.1, 0.15) is 0 Å². The summed E-state index contributed by atoms with van der Waals surface area (Å²) < 4.78 is 4.64. The minimum Gasteiger partial charge on any atom is -0.466 e. The largest absolute Gasteiger partial charge is 0.466 e. The molecule has 0 heterocycles. The normalized spacial score (nSPS) is 36.4. The first-order chi connectivity index (χ1) is 8.91. The van der Waals surface area contributed by atoms with Gasteiger partial charge < -0.3 is 15.2 Å². The third kappa shape index (κ3) is 2.56. The Morgan fingerprint density at radius 2 is 2.32 bits per heavy atom. The zero-order valence-electron chi connectivity index (χ0n) is 11.2. The van der Waals surface area contributed by atoms with E-state index in [1.165, 1.54) is 13.2 Å². The molecule has 1 amide bonds. The Balaban J connectivity index is 2.05. The molecule has 0 radical (unpaired) electrons. The molecule has 19 heavy (non-hydrogen) atoms. The summed E-state index contributed by atoms with van der Waals surface area (Å²) in [5.74, 6) is -1.16. The van der Waals surface area contributed by atoms with Crippen molar-refractivity contribution >= 4 is 11.9 Å². The van der Waals surface area contributed by atoms with E-state index >= 15 is 0 Å². The van der Waals surface area contributed by atoms with E-state index in [0.717, 1.165) is 6.42 Å². The standard InChI is InChI=1S/C14H19NO4/c1-4-8-7-14(8,2)15-12(17)10-5-9(16)6-11(10)13(18)19-3/h4,6,8-10,16H,1,5,7H2,2-3H3,(H,15,17). The summed E-state index contributed by atoms with van der Waals surface area (Å²) in [5.41, 5.74) is -0.0277. The number of carbonyl (C=O) groups excluding carboxylic acids is 2. The average Bonchev–Trinajstić information content (AvgIpc) is 2.84. The third-order valence-electron chi connectivity index (χ3n) is 3.96. The lowest BCUT2D eigenvalue weighted by atomic mass is 9.99. The van der Waals surface area contributed by atoms with E-state index in [0.29, 0.717) is 0 Å². The zero-order valence-corrected chi connectivity index (χ0v) is 11.2. The predicted molar refractivity (Wildman–Crippen MR) is 69.1 cm³/mol. The van der Waals surface area contributed by atoms with E-state index < -0.39 is 18.0 Å². The number of carbonyl (C=O) groups is 2. The van der Waals surface area contributed by atoms with Gasteiger partial charge in [0, 0.05) is 17.0 Å². The van der Waals surface area contributed by atoms with Gasteiger partial charge in [-0.2, -0.15) is 0 Å². The Morgan fingerprint density at radius 1 is 1.63 bits per heavy atom. The van der Waals surface area contributed by atoms with Gasteiger partial charge in [-0.15, -0.1) is 6.58 Å². The van der Waals surface area contributed by atoms with E-state index in [9.17, 15) is 14.7 Å². The molecule has 5 nitrogen and oxygen atoms in total. The first-order valence-electron chi connectivity index (χ1n) is 6.34. The minimum absolute atomic E-state index is 0.227. The molecule has 1 saturated carbocycles. The Morgan fingerprint density at radius 3 is 2.84 bits per heavy atom. The van der Waals surface area contributed by atoms with Crippen molar-refractivity contribution < 1.29 is 19.4 Å². The topological polar surface area (TPSA) is 75.6 Å². The van der Waals surface area contributed by atoms with Crippen molar-refractivity contribution in [3.63, 3.8) is 0 Å². The van der Waals surface area contributed by atoms with Crippen molar-refractivity contribution in [2.24, 2.45) is 11.8 Å². The lowest BCUT2D eigenvalue weighted by molar-refractivity contribution is -0.138. The van der Waals surface area contributed by atoms with Gasteiger partial charge in [0.05, 0.1) is 19.1 Å². The second kappa shape index (κ2) is 4.81. The van der Waals surface area contributed by atoms with Crippen LogP contribution in [0.1, 0.15) is 19.8 Å². The highest BCUT2D eigenvalue weighted by molar-refractivity contribution is 5.98. The number of hydrogen-bond donors (Lipinski definition) is 2. The minimum atomic E-state index is -0.771. The van der Waals surface area contributed by atoms with Crippen LogP contribution in [0.15, 0.2) is 24.3 Å². The summed E-state index contributed by atoms with van der Waals surface area (Å²) in [7, 11) is 1.26. The molecule has 0 aromatic carbocycles. The molecule has 2 N–H and O–H groups in total. The zero-order chi connectivity index (χ0) is 14.2. The fourth-order valence-electron chi connectivity index (χ4n) is 2.59. The van der Waals surface area contributed by atoms with Gasteiger partial charge in [-0.25, -0.2) is 4.79 Å². The van der Waals surface area contributed by atoms with Gasteiger partial charge in [-0.3, -0.25) is 4.79 Å². The molecule has 4 unspecified atom stereocenters. The maximum atomic E-state index is 12.2. The first-order valence-corrected chi connectivity index (χ1v) is 6.34. The number of aliphatic hydroxyl groups excluding tert-OH is 1. The van der Waals surface area contributed by atoms with Crippen molar-refractivity contribution in [2.45, 2.75) is 31.4 Å². The number of rotatable bonds is 4. The van der Waals surface area contributed by atoms with Gasteiger partial charge in [-0.05, 0) is 25.8 Å². The Labute approximate surface area is 112 Å². The summed E-state index contributed by atoms with van der Waals surface area (Å²) in [5, 5.41) is 12.5. The molecule has 104 valence electrons. The molecular formula is C14H19NO4. The molecule has 0 aromatic heterocycles. The number of hydrogen-bond acceptors (Lipinski definition) is 4. The number of nitrogens with one attached hydrogen (secondary N) is 1. The monoisotopic (exact) mass is 265 g/mol. The molecule has 4 atom stereocenters. The number of aliphatic hydroxyl groups is 1. The lowest BCUT2D eigenvalue weighted by Crippen LogP contribution is -2.41. The Bertz CT molecular complexity index is 456. The molecule has 5 heteroatoms. The van der Waals surface area contributed by atoms with Gasteiger partial charge in [-0.1, -0.05) is 6.08 Å². The first kappa shape index (κ1) is 13.8. The van der Waals surface area contributed by atoms with E-state index in [1.54, 1.807) is 0 Å². The summed E-state index contributed by atoms with van der Waals surface area (Å²) >= 11 is 0. The molecule has 2 rings (SSSR count). The second-order valence-corrected chi connectivity index (χ2v) is 5.42. The van der Waals surface area contributed by atoms with Gasteiger partial charge in [0.25, 0.3) is 0 Å². The summed E-state index contributed by atoms with van der Waals surface area (Å²) in [4.78, 5) is 23.8. The van der Waals surface area contributed by atoms with E-state index in [4.69, 9.17) is 0 Å². The van der Waals surface area contributed by atoms with Gasteiger partial charge in [0.2, 0.25) is 5.91 Å². The molecular weight excluding hydrogens is 246 g/mol. The molecule has 0 aromatic rings. The molecule has 0 aliphatic heterocycles. The fourth-order valence-corrected chi connectivity index (χ4v) is 2.59. The SMILES string of the molecule is C=CC1CC1(C)NC(=O)C1CC(O)C=C1C(=O)OC. The van der Waals surface area contributed by atoms with Crippen molar-refractivity contribution in [1.82, 2.24) is 5.32 Å². The molecule has 1 fully saturated rings. The van der Waals surface area contributed by atoms with Crippen LogP contribution in [0.5, 0.6) is 0 Å². The van der Waals surface area contributed by atoms with Crippen LogP contribution in [0.25, 0.3) is 0 Å². The predicted octanol–water partition coefficient (Wildman–Crippen LogP) is 0.547. The maximum absolute atomic E-state index is 12.2. The average molecular weight is 265 g/mol. The molecule has 0 bridgehead atoms. The number of methoxy groups -OCH3 is 1. The van der Waals surface area contributed by atoms with Crippen molar-refractivity contribution in [3.05, 3.63) is 24.3 Å². The van der Waals surface area contributed by atoms with Crippen LogP contribution < -0.4 is 5.32 Å². The van der Waals surface area contributed by atoms with E-state index in [1.807, 2.05) is 13.0 Å². The van der Waals surface area contributed by atoms with Crippen LogP contribution in [-0.4, -0.2) is 35.7 Å². The summed E-state index contributed by atoms with van der Waals surface area (Å²) in [6.07, 6.45) is 3.53. The highest BCUT2D eigenvalue weighted by Gasteiger charge is 2.50. The van der Waals surface area contributed by atoms with Crippen LogP contribution in [-0.2, 0) is 14.3 Å². The smallest absolute Gasteiger partial charge is 0.334 e. The second-order valence-electron chi connectivity index (χ2n) is 5.42. The maximum Gasteiger partial charge on any atom is 0.334 e. The van der Waals surface area contributed by atoms with Crippen LogP contribution in [0, 0.1) is 11.8 Å². The number of amides is 1. The van der Waals surface area contributed by atoms with Crippen LogP contribution in [0.2, 0.25) is 0 Å². The molecule has 2 aliphatic rings. The number of ether oxygens (including phenoxy) is 1. The van der Waals surface area contributed by atoms with Crippen LogP contribution >= 0.6 is 0 Å². The highest BCUT2D eigenvalue weighted by atomic mass is 16.5. The van der Waals surface area contributed by atoms with E-state index in [2.05, 4.69) is 16.6 Å². The molecule has 0 saturated heterocycles. The van der Waals surface area contributed by atoms with Crippen LogP contribution in [0.4, 0.5) is 0 Å². The Hall–Kier alpha value is -1.62. The third-order valence-corrected chi connectivity index (χ3v) is 3.96. The molecule has 0 spiro atoms.